The summed E-state index contributed by atoms with van der Waals surface area (Å²) < 4.78 is 2.29. The van der Waals surface area contributed by atoms with Gasteiger partial charge in [0.1, 0.15) is 11.5 Å². The van der Waals surface area contributed by atoms with Crippen LogP contribution in [0, 0.1) is 15.5 Å². The number of nitro benzene ring substituents is 1. The third-order valence-corrected chi connectivity index (χ3v) is 2.48. The van der Waals surface area contributed by atoms with Gasteiger partial charge in [-0.15, -0.1) is 0 Å². The minimum atomic E-state index is -0.544. The van der Waals surface area contributed by atoms with Gasteiger partial charge >= 0.3 is 0 Å². The van der Waals surface area contributed by atoms with E-state index in [2.05, 4.69) is 22.9 Å². The summed E-state index contributed by atoms with van der Waals surface area (Å²) >= 11 is 9.60. The number of amidine groups is 1. The highest BCUT2D eigenvalue weighted by Gasteiger charge is 2.21. The molecule has 1 aromatic rings. The van der Waals surface area contributed by atoms with E-state index in [0.29, 0.717) is 0 Å². The Balaban J connectivity index is 3.50. The molecule has 1 rings (SSSR count). The van der Waals surface area contributed by atoms with Gasteiger partial charge in [-0.3, -0.25) is 15.5 Å². The Hall–Kier alpha value is -1.47. The zero-order valence-corrected chi connectivity index (χ0v) is 9.89. The molecule has 86 valence electrons. The van der Waals surface area contributed by atoms with E-state index in [1.165, 1.54) is 19.2 Å². The first-order chi connectivity index (χ1) is 7.52. The molecule has 0 aromatic heterocycles. The van der Waals surface area contributed by atoms with E-state index >= 15 is 0 Å². The van der Waals surface area contributed by atoms with Crippen molar-refractivity contribution < 1.29 is 4.92 Å². The normalized spacial score (nSPS) is 9.69. The van der Waals surface area contributed by atoms with Crippen LogP contribution in [0.3, 0.4) is 0 Å². The minimum absolute atomic E-state index is 0.110. The van der Waals surface area contributed by atoms with Crippen molar-refractivity contribution >= 4 is 41.6 Å². The smallest absolute Gasteiger partial charge is 0.293 e. The Bertz CT molecular complexity index is 452. The Kier molecular flexibility index (Phi) is 3.97. The number of anilines is 1. The van der Waals surface area contributed by atoms with Crippen LogP contribution in [0.1, 0.15) is 5.56 Å². The van der Waals surface area contributed by atoms with Crippen LogP contribution in [0.15, 0.2) is 12.1 Å². The van der Waals surface area contributed by atoms with Crippen molar-refractivity contribution in [2.24, 2.45) is 0 Å². The zero-order chi connectivity index (χ0) is 12.3. The summed E-state index contributed by atoms with van der Waals surface area (Å²) in [5.74, 6) is -0.110. The number of nitro groups is 1. The van der Waals surface area contributed by atoms with E-state index in [0.717, 1.165) is 0 Å². The maximum Gasteiger partial charge on any atom is 0.293 e. The number of benzene rings is 1. The average molecular weight is 261 g/mol. The summed E-state index contributed by atoms with van der Waals surface area (Å²) in [5.41, 5.74) is 0.257. The largest absolute Gasteiger partial charge is 0.382 e. The zero-order valence-electron chi connectivity index (χ0n) is 8.24. The molecule has 1 aromatic carbocycles. The molecule has 0 saturated heterocycles. The molecule has 0 aliphatic heterocycles. The number of thiol groups is 1. The fourth-order valence-corrected chi connectivity index (χ4v) is 1.64. The van der Waals surface area contributed by atoms with E-state index in [1.54, 1.807) is 0 Å². The van der Waals surface area contributed by atoms with Crippen LogP contribution in [0.5, 0.6) is 0 Å². The number of nitrogens with zero attached hydrogens (tertiary/aromatic N) is 1. The molecule has 0 fully saturated rings. The Morgan fingerprint density at radius 2 is 2.25 bits per heavy atom. The van der Waals surface area contributed by atoms with Crippen LogP contribution in [0.4, 0.5) is 11.4 Å². The highest BCUT2D eigenvalue weighted by Crippen LogP contribution is 2.33. The van der Waals surface area contributed by atoms with Crippen LogP contribution in [-0.4, -0.2) is 17.8 Å². The number of rotatable bonds is 3. The van der Waals surface area contributed by atoms with Crippen LogP contribution >= 0.6 is 24.4 Å². The first-order valence-corrected chi connectivity index (χ1v) is 4.99. The number of hydrogen-bond donors (Lipinski definition) is 4. The Morgan fingerprint density at radius 1 is 1.62 bits per heavy atom. The van der Waals surface area contributed by atoms with Crippen LogP contribution in [-0.2, 0) is 0 Å². The van der Waals surface area contributed by atoms with Crippen molar-refractivity contribution in [2.45, 2.75) is 0 Å². The number of hydrogen-bond acceptors (Lipinski definition) is 5. The third kappa shape index (κ3) is 2.20. The van der Waals surface area contributed by atoms with Crippen LogP contribution < -0.4 is 10.0 Å². The second-order valence-electron chi connectivity index (χ2n) is 2.81. The lowest BCUT2D eigenvalue weighted by atomic mass is 10.1. The van der Waals surface area contributed by atoms with Gasteiger partial charge in [-0.05, 0) is 6.07 Å². The monoisotopic (exact) mass is 260 g/mol. The van der Waals surface area contributed by atoms with Gasteiger partial charge in [-0.25, -0.2) is 0 Å². The second kappa shape index (κ2) is 5.04. The molecule has 16 heavy (non-hydrogen) atoms. The van der Waals surface area contributed by atoms with E-state index in [1.807, 2.05) is 0 Å². The lowest BCUT2D eigenvalue weighted by Crippen LogP contribution is -2.16. The Labute approximate surface area is 102 Å². The van der Waals surface area contributed by atoms with Crippen molar-refractivity contribution in [1.82, 2.24) is 4.72 Å². The van der Waals surface area contributed by atoms with Crippen molar-refractivity contribution in [1.29, 1.82) is 5.41 Å². The van der Waals surface area contributed by atoms with Gasteiger partial charge in [0.25, 0.3) is 5.69 Å². The van der Waals surface area contributed by atoms with E-state index < -0.39 is 4.92 Å². The summed E-state index contributed by atoms with van der Waals surface area (Å²) in [6, 6.07) is 2.65. The standard InChI is InChI=1S/C8H9ClN4O2S/c1-11-7-5(13(14)15)3-2-4(9)6(7)8(10)12-16/h2-3,11,16H,1H3,(H2,10,12). The molecule has 0 unspecified atom stereocenters. The SMILES string of the molecule is CNc1c([N+](=O)[O-])ccc(Cl)c1C(=N)NS. The highest BCUT2D eigenvalue weighted by atomic mass is 35.5. The maximum absolute atomic E-state index is 10.8. The minimum Gasteiger partial charge on any atom is -0.382 e. The van der Waals surface area contributed by atoms with Crippen LogP contribution in [0.25, 0.3) is 0 Å². The maximum atomic E-state index is 10.8. The molecule has 0 bridgehead atoms. The highest BCUT2D eigenvalue weighted by molar-refractivity contribution is 7.78. The fourth-order valence-electron chi connectivity index (χ4n) is 1.27. The number of halogens is 1. The summed E-state index contributed by atoms with van der Waals surface area (Å²) in [6.07, 6.45) is 0. The first-order valence-electron chi connectivity index (χ1n) is 4.16. The second-order valence-corrected chi connectivity index (χ2v) is 3.44. The molecular formula is C8H9ClN4O2S. The molecule has 0 aliphatic carbocycles. The summed E-state index contributed by atoms with van der Waals surface area (Å²) in [5, 5.41) is 21.2. The molecule has 0 heterocycles. The summed E-state index contributed by atoms with van der Waals surface area (Å²) in [7, 11) is 1.52. The third-order valence-electron chi connectivity index (χ3n) is 1.94. The molecule has 0 radical (unpaired) electrons. The van der Waals surface area contributed by atoms with Gasteiger partial charge in [-0.1, -0.05) is 24.4 Å². The lowest BCUT2D eigenvalue weighted by Gasteiger charge is -2.11. The predicted molar refractivity (Wildman–Crippen MR) is 66.6 cm³/mol. The van der Waals surface area contributed by atoms with Crippen molar-refractivity contribution in [3.8, 4) is 0 Å². The predicted octanol–water partition coefficient (Wildman–Crippen LogP) is 2.05. The van der Waals surface area contributed by atoms with Crippen molar-refractivity contribution in [3.05, 3.63) is 32.8 Å². The van der Waals surface area contributed by atoms with Gasteiger partial charge in [-0.2, -0.15) is 0 Å². The van der Waals surface area contributed by atoms with Gasteiger partial charge < -0.3 is 10.0 Å². The van der Waals surface area contributed by atoms with E-state index in [-0.39, 0.29) is 27.8 Å². The number of nitrogens with one attached hydrogen (secondary N) is 3. The Morgan fingerprint density at radius 3 is 2.69 bits per heavy atom. The van der Waals surface area contributed by atoms with Crippen LogP contribution in [0.2, 0.25) is 5.02 Å². The first kappa shape index (κ1) is 12.6. The average Bonchev–Trinajstić information content (AvgIpc) is 2.26. The topological polar surface area (TPSA) is 91.1 Å². The molecule has 0 saturated carbocycles. The van der Waals surface area contributed by atoms with Gasteiger partial charge in [0.15, 0.2) is 0 Å². The molecule has 6 nitrogen and oxygen atoms in total. The summed E-state index contributed by atoms with van der Waals surface area (Å²) in [4.78, 5) is 10.2. The van der Waals surface area contributed by atoms with E-state index in [9.17, 15) is 10.1 Å². The quantitative estimate of drug-likeness (QED) is 0.220. The fraction of sp³-hybridized carbons (Fsp3) is 0.125. The molecule has 3 N–H and O–H groups in total. The molecule has 0 amide bonds. The van der Waals surface area contributed by atoms with Gasteiger partial charge in [0.05, 0.1) is 15.5 Å². The van der Waals surface area contributed by atoms with Gasteiger partial charge in [0, 0.05) is 13.1 Å². The van der Waals surface area contributed by atoms with Crippen molar-refractivity contribution in [3.63, 3.8) is 0 Å². The molecule has 0 aliphatic rings. The molecule has 0 spiro atoms. The summed E-state index contributed by atoms with van der Waals surface area (Å²) in [6.45, 7) is 0. The van der Waals surface area contributed by atoms with E-state index in [4.69, 9.17) is 17.0 Å². The molecule has 8 heteroatoms. The molecule has 0 atom stereocenters. The molecular weight excluding hydrogens is 252 g/mol. The van der Waals surface area contributed by atoms with Gasteiger partial charge in [0.2, 0.25) is 0 Å². The van der Waals surface area contributed by atoms with Crippen molar-refractivity contribution in [2.75, 3.05) is 12.4 Å². The lowest BCUT2D eigenvalue weighted by molar-refractivity contribution is -0.383.